The summed E-state index contributed by atoms with van der Waals surface area (Å²) in [5, 5.41) is 5.57. The zero-order valence-electron chi connectivity index (χ0n) is 12.2. The van der Waals surface area contributed by atoms with Crippen LogP contribution < -0.4 is 5.32 Å². The van der Waals surface area contributed by atoms with Gasteiger partial charge in [0.2, 0.25) is 0 Å². The average molecular weight is 302 g/mol. The van der Waals surface area contributed by atoms with Crippen LogP contribution in [0, 0.1) is 17.6 Å². The van der Waals surface area contributed by atoms with E-state index in [-0.39, 0.29) is 11.1 Å². The Morgan fingerprint density at radius 2 is 2.14 bits per heavy atom. The summed E-state index contributed by atoms with van der Waals surface area (Å²) in [6.45, 7) is 3.35. The smallest absolute Gasteiger partial charge is 0.258 e. The van der Waals surface area contributed by atoms with Crippen molar-refractivity contribution < 1.29 is 9.18 Å². The van der Waals surface area contributed by atoms with Crippen LogP contribution in [-0.4, -0.2) is 15.9 Å². The third-order valence-corrected chi connectivity index (χ3v) is 3.33. The van der Waals surface area contributed by atoms with Gasteiger partial charge in [0.05, 0.1) is 11.8 Å². The molecule has 114 valence electrons. The van der Waals surface area contributed by atoms with Crippen molar-refractivity contribution in [2.45, 2.75) is 26.3 Å². The van der Waals surface area contributed by atoms with Crippen molar-refractivity contribution in [3.63, 3.8) is 0 Å². The van der Waals surface area contributed by atoms with Crippen molar-refractivity contribution in [2.24, 2.45) is 5.18 Å². The molecule has 2 rings (SSSR count). The first kappa shape index (κ1) is 15.7. The number of hydrogen-bond acceptors (Lipinski definition) is 5. The molecule has 0 spiro atoms. The van der Waals surface area contributed by atoms with Gasteiger partial charge in [-0.3, -0.25) is 9.78 Å². The van der Waals surface area contributed by atoms with Crippen molar-refractivity contribution in [3.8, 4) is 0 Å². The van der Waals surface area contributed by atoms with Crippen LogP contribution in [0.2, 0.25) is 0 Å². The number of carbonyl (C=O) groups is 1. The van der Waals surface area contributed by atoms with Crippen LogP contribution in [0.25, 0.3) is 0 Å². The average Bonchev–Trinajstić information content (AvgIpc) is 2.52. The molecule has 0 saturated heterocycles. The minimum absolute atomic E-state index is 0.145. The fraction of sp³-hybridized carbons (Fsp3) is 0.267. The summed E-state index contributed by atoms with van der Waals surface area (Å²) in [7, 11) is 0. The molecule has 1 amide bonds. The number of carbonyl (C=O) groups excluding carboxylic acids is 1. The second-order valence-electron chi connectivity index (χ2n) is 4.75. The maximum atomic E-state index is 13.4. The number of rotatable bonds is 5. The molecule has 0 saturated carbocycles. The third kappa shape index (κ3) is 3.30. The first-order valence-corrected chi connectivity index (χ1v) is 6.76. The monoisotopic (exact) mass is 302 g/mol. The maximum Gasteiger partial charge on any atom is 0.258 e. The Morgan fingerprint density at radius 1 is 1.36 bits per heavy atom. The first-order chi connectivity index (χ1) is 10.6. The number of nitroso groups, excluding NO2 is 1. The Kier molecular flexibility index (Phi) is 4.88. The molecule has 1 unspecified atom stereocenters. The number of nitrogens with one attached hydrogen (secondary N) is 1. The van der Waals surface area contributed by atoms with Crippen molar-refractivity contribution in [3.05, 3.63) is 58.1 Å². The van der Waals surface area contributed by atoms with Gasteiger partial charge in [-0.2, -0.15) is 4.91 Å². The SMILES string of the molecule is CCC(N=O)c1ccc(NC(=O)c2cncc(F)c2C)nc1. The Hall–Kier alpha value is -2.70. The van der Waals surface area contributed by atoms with Crippen LogP contribution in [0.1, 0.15) is 40.9 Å². The summed E-state index contributed by atoms with van der Waals surface area (Å²) in [5.74, 6) is -0.734. The van der Waals surface area contributed by atoms with E-state index in [1.807, 2.05) is 6.92 Å². The van der Waals surface area contributed by atoms with Gasteiger partial charge in [-0.15, -0.1) is 0 Å². The summed E-state index contributed by atoms with van der Waals surface area (Å²) < 4.78 is 13.4. The fourth-order valence-electron chi connectivity index (χ4n) is 1.96. The molecule has 22 heavy (non-hydrogen) atoms. The van der Waals surface area contributed by atoms with Gasteiger partial charge in [0.1, 0.15) is 17.7 Å². The predicted molar refractivity (Wildman–Crippen MR) is 79.9 cm³/mol. The molecule has 7 heteroatoms. The fourth-order valence-corrected chi connectivity index (χ4v) is 1.96. The van der Waals surface area contributed by atoms with E-state index in [4.69, 9.17) is 0 Å². The highest BCUT2D eigenvalue weighted by molar-refractivity contribution is 6.04. The Morgan fingerprint density at radius 3 is 2.73 bits per heavy atom. The van der Waals surface area contributed by atoms with Gasteiger partial charge in [0.15, 0.2) is 0 Å². The molecule has 2 aromatic rings. The molecule has 2 heterocycles. The lowest BCUT2D eigenvalue weighted by atomic mass is 10.1. The van der Waals surface area contributed by atoms with Crippen LogP contribution >= 0.6 is 0 Å². The highest BCUT2D eigenvalue weighted by atomic mass is 19.1. The molecule has 0 aliphatic rings. The van der Waals surface area contributed by atoms with E-state index in [0.29, 0.717) is 17.8 Å². The molecular formula is C15H15FN4O2. The molecular weight excluding hydrogens is 287 g/mol. The number of pyridine rings is 2. The summed E-state index contributed by atoms with van der Waals surface area (Å²) in [4.78, 5) is 30.5. The van der Waals surface area contributed by atoms with E-state index < -0.39 is 17.8 Å². The van der Waals surface area contributed by atoms with Gasteiger partial charge in [-0.25, -0.2) is 9.37 Å². The van der Waals surface area contributed by atoms with Crippen LogP contribution in [0.4, 0.5) is 10.2 Å². The van der Waals surface area contributed by atoms with Gasteiger partial charge < -0.3 is 5.32 Å². The predicted octanol–water partition coefficient (Wildman–Crippen LogP) is 3.39. The Labute approximate surface area is 126 Å². The normalized spacial score (nSPS) is 11.8. The van der Waals surface area contributed by atoms with E-state index in [0.717, 1.165) is 6.20 Å². The van der Waals surface area contributed by atoms with E-state index in [2.05, 4.69) is 20.5 Å². The topological polar surface area (TPSA) is 84.3 Å². The zero-order valence-corrected chi connectivity index (χ0v) is 12.2. The third-order valence-electron chi connectivity index (χ3n) is 3.33. The molecule has 1 atom stereocenters. The quantitative estimate of drug-likeness (QED) is 0.858. The van der Waals surface area contributed by atoms with Crippen molar-refractivity contribution in [1.82, 2.24) is 9.97 Å². The van der Waals surface area contributed by atoms with Crippen LogP contribution in [0.15, 0.2) is 35.9 Å². The standard InChI is InChI=1S/C15H15FN4O2/c1-3-13(20-22)10-4-5-14(18-6-10)19-15(21)11-7-17-8-12(16)9(11)2/h4-8,13H,3H2,1-2H3,(H,18,19,21). The lowest BCUT2D eigenvalue weighted by molar-refractivity contribution is 0.102. The molecule has 0 aliphatic carbocycles. The van der Waals surface area contributed by atoms with Crippen LogP contribution in [-0.2, 0) is 0 Å². The lowest BCUT2D eigenvalue weighted by Crippen LogP contribution is -2.15. The van der Waals surface area contributed by atoms with E-state index >= 15 is 0 Å². The lowest BCUT2D eigenvalue weighted by Gasteiger charge is -2.09. The molecule has 2 aromatic heterocycles. The van der Waals surface area contributed by atoms with Crippen LogP contribution in [0.3, 0.4) is 0 Å². The van der Waals surface area contributed by atoms with E-state index in [9.17, 15) is 14.1 Å². The zero-order chi connectivity index (χ0) is 16.1. The number of hydrogen-bond donors (Lipinski definition) is 1. The molecule has 0 bridgehead atoms. The Balaban J connectivity index is 2.15. The van der Waals surface area contributed by atoms with Crippen LogP contribution in [0.5, 0.6) is 0 Å². The molecule has 0 fully saturated rings. The largest absolute Gasteiger partial charge is 0.307 e. The molecule has 0 radical (unpaired) electrons. The number of anilines is 1. The van der Waals surface area contributed by atoms with E-state index in [1.165, 1.54) is 19.3 Å². The number of aromatic nitrogens is 2. The second kappa shape index (κ2) is 6.84. The number of nitrogens with zero attached hydrogens (tertiary/aromatic N) is 3. The minimum atomic E-state index is -0.543. The first-order valence-electron chi connectivity index (χ1n) is 6.76. The summed E-state index contributed by atoms with van der Waals surface area (Å²) in [5.41, 5.74) is 1.05. The van der Waals surface area contributed by atoms with Crippen molar-refractivity contribution in [2.75, 3.05) is 5.32 Å². The second-order valence-corrected chi connectivity index (χ2v) is 4.75. The molecule has 1 N–H and O–H groups in total. The summed E-state index contributed by atoms with van der Waals surface area (Å²) >= 11 is 0. The highest BCUT2D eigenvalue weighted by Gasteiger charge is 2.14. The van der Waals surface area contributed by atoms with Gasteiger partial charge >= 0.3 is 0 Å². The van der Waals surface area contributed by atoms with E-state index in [1.54, 1.807) is 12.1 Å². The van der Waals surface area contributed by atoms with Crippen molar-refractivity contribution >= 4 is 11.7 Å². The minimum Gasteiger partial charge on any atom is -0.307 e. The maximum absolute atomic E-state index is 13.4. The number of halogens is 1. The van der Waals surface area contributed by atoms with Gasteiger partial charge in [-0.1, -0.05) is 18.2 Å². The van der Waals surface area contributed by atoms with Gasteiger partial charge in [0, 0.05) is 18.0 Å². The molecule has 0 aromatic carbocycles. The summed E-state index contributed by atoms with van der Waals surface area (Å²) in [6.07, 6.45) is 4.41. The number of amides is 1. The Bertz CT molecular complexity index is 688. The highest BCUT2D eigenvalue weighted by Crippen LogP contribution is 2.21. The summed E-state index contributed by atoms with van der Waals surface area (Å²) in [6, 6.07) is 2.80. The van der Waals surface area contributed by atoms with Gasteiger partial charge in [0.25, 0.3) is 5.91 Å². The molecule has 0 aliphatic heterocycles. The molecule has 6 nitrogen and oxygen atoms in total. The van der Waals surface area contributed by atoms with Crippen molar-refractivity contribution in [1.29, 1.82) is 0 Å². The van der Waals surface area contributed by atoms with Gasteiger partial charge in [-0.05, 0) is 25.0 Å².